The lowest BCUT2D eigenvalue weighted by Gasteiger charge is -2.47. The number of amides is 1. The van der Waals surface area contributed by atoms with Crippen molar-refractivity contribution in [1.82, 2.24) is 5.48 Å². The first-order valence-electron chi connectivity index (χ1n) is 4.94. The van der Waals surface area contributed by atoms with Crippen molar-refractivity contribution in [3.8, 4) is 0 Å². The predicted molar refractivity (Wildman–Crippen MR) is 52.3 cm³/mol. The zero-order valence-corrected chi connectivity index (χ0v) is 9.26. The minimum Gasteiger partial charge on any atom is -0.380 e. The first-order chi connectivity index (χ1) is 6.25. The van der Waals surface area contributed by atoms with E-state index >= 15 is 0 Å². The van der Waals surface area contributed by atoms with Gasteiger partial charge in [-0.25, -0.2) is 5.48 Å². The Kier molecular flexibility index (Phi) is 2.88. The van der Waals surface area contributed by atoms with Crippen LogP contribution in [0.3, 0.4) is 0 Å². The standard InChI is InChI=1S/C10H19NO3/c1-7(2)14-11-8(12)10(13)5-9(3,4)6-10/h7,13H,5-6H2,1-4H3,(H,11,12). The maximum atomic E-state index is 11.5. The van der Waals surface area contributed by atoms with E-state index < -0.39 is 11.5 Å². The Labute approximate surface area is 84.6 Å². The maximum Gasteiger partial charge on any atom is 0.275 e. The molecule has 1 aliphatic rings. The van der Waals surface area contributed by atoms with E-state index in [4.69, 9.17) is 4.84 Å². The summed E-state index contributed by atoms with van der Waals surface area (Å²) < 4.78 is 0. The fourth-order valence-electron chi connectivity index (χ4n) is 1.96. The zero-order chi connectivity index (χ0) is 11.0. The Balaban J connectivity index is 2.39. The third-order valence-electron chi connectivity index (χ3n) is 2.35. The van der Waals surface area contributed by atoms with Gasteiger partial charge in [-0.15, -0.1) is 0 Å². The Hall–Kier alpha value is -0.610. The Morgan fingerprint density at radius 1 is 1.43 bits per heavy atom. The van der Waals surface area contributed by atoms with Gasteiger partial charge in [-0.1, -0.05) is 13.8 Å². The van der Waals surface area contributed by atoms with Crippen LogP contribution in [0.25, 0.3) is 0 Å². The minimum atomic E-state index is -1.22. The highest BCUT2D eigenvalue weighted by Crippen LogP contribution is 2.47. The van der Waals surface area contributed by atoms with Crippen LogP contribution in [0.2, 0.25) is 0 Å². The molecular weight excluding hydrogens is 182 g/mol. The van der Waals surface area contributed by atoms with Crippen molar-refractivity contribution in [2.45, 2.75) is 52.2 Å². The zero-order valence-electron chi connectivity index (χ0n) is 9.26. The van der Waals surface area contributed by atoms with E-state index in [2.05, 4.69) is 5.48 Å². The normalized spacial score (nSPS) is 23.0. The lowest BCUT2D eigenvalue weighted by Crippen LogP contribution is -2.58. The molecule has 0 aliphatic heterocycles. The van der Waals surface area contributed by atoms with Crippen molar-refractivity contribution in [2.24, 2.45) is 5.41 Å². The number of nitrogens with one attached hydrogen (secondary N) is 1. The molecule has 4 nitrogen and oxygen atoms in total. The van der Waals surface area contributed by atoms with Gasteiger partial charge in [0.15, 0.2) is 0 Å². The molecule has 0 aromatic carbocycles. The summed E-state index contributed by atoms with van der Waals surface area (Å²) in [6.45, 7) is 7.68. The molecule has 2 N–H and O–H groups in total. The van der Waals surface area contributed by atoms with Crippen molar-refractivity contribution in [3.05, 3.63) is 0 Å². The van der Waals surface area contributed by atoms with Crippen molar-refractivity contribution in [2.75, 3.05) is 0 Å². The largest absolute Gasteiger partial charge is 0.380 e. The number of carbonyl (C=O) groups excluding carboxylic acids is 1. The predicted octanol–water partition coefficient (Wildman–Crippen LogP) is 0.994. The van der Waals surface area contributed by atoms with E-state index in [1.807, 2.05) is 27.7 Å². The van der Waals surface area contributed by atoms with Gasteiger partial charge in [0.2, 0.25) is 0 Å². The molecule has 14 heavy (non-hydrogen) atoms. The number of rotatable bonds is 3. The number of aliphatic hydroxyl groups is 1. The minimum absolute atomic E-state index is 0.0594. The van der Waals surface area contributed by atoms with Gasteiger partial charge in [0.05, 0.1) is 6.10 Å². The SMILES string of the molecule is CC(C)ONC(=O)C1(O)CC(C)(C)C1. The van der Waals surface area contributed by atoms with Crippen molar-refractivity contribution < 1.29 is 14.7 Å². The van der Waals surface area contributed by atoms with E-state index in [9.17, 15) is 9.90 Å². The van der Waals surface area contributed by atoms with Gasteiger partial charge in [-0.2, -0.15) is 0 Å². The van der Waals surface area contributed by atoms with Crippen LogP contribution in [0.5, 0.6) is 0 Å². The number of hydrogen-bond acceptors (Lipinski definition) is 3. The summed E-state index contributed by atoms with van der Waals surface area (Å²) in [7, 11) is 0. The van der Waals surface area contributed by atoms with Crippen LogP contribution in [0, 0.1) is 5.41 Å². The van der Waals surface area contributed by atoms with Crippen LogP contribution < -0.4 is 5.48 Å². The van der Waals surface area contributed by atoms with Crippen molar-refractivity contribution in [1.29, 1.82) is 0 Å². The molecular formula is C10H19NO3. The van der Waals surface area contributed by atoms with Crippen molar-refractivity contribution >= 4 is 5.91 Å². The lowest BCUT2D eigenvalue weighted by atomic mass is 9.61. The molecule has 0 saturated heterocycles. The molecule has 0 aromatic rings. The quantitative estimate of drug-likeness (QED) is 0.669. The van der Waals surface area contributed by atoms with Gasteiger partial charge in [-0.05, 0) is 32.1 Å². The third kappa shape index (κ3) is 2.45. The second-order valence-electron chi connectivity index (χ2n) is 5.15. The first-order valence-corrected chi connectivity index (χ1v) is 4.94. The van der Waals surface area contributed by atoms with Crippen LogP contribution in [-0.2, 0) is 9.63 Å². The lowest BCUT2D eigenvalue weighted by molar-refractivity contribution is -0.179. The molecule has 0 spiro atoms. The second kappa shape index (κ2) is 3.51. The van der Waals surface area contributed by atoms with E-state index in [1.165, 1.54) is 0 Å². The highest BCUT2D eigenvalue weighted by molar-refractivity contribution is 5.85. The van der Waals surface area contributed by atoms with Gasteiger partial charge < -0.3 is 5.11 Å². The molecule has 0 heterocycles. The maximum absolute atomic E-state index is 11.5. The highest BCUT2D eigenvalue weighted by atomic mass is 16.7. The van der Waals surface area contributed by atoms with Gasteiger partial charge >= 0.3 is 0 Å². The Morgan fingerprint density at radius 2 is 1.93 bits per heavy atom. The van der Waals surface area contributed by atoms with Crippen LogP contribution in [-0.4, -0.2) is 22.7 Å². The van der Waals surface area contributed by atoms with Crippen LogP contribution >= 0.6 is 0 Å². The number of carbonyl (C=O) groups is 1. The monoisotopic (exact) mass is 201 g/mol. The summed E-state index contributed by atoms with van der Waals surface area (Å²) in [5.41, 5.74) is 1.11. The summed E-state index contributed by atoms with van der Waals surface area (Å²) in [4.78, 5) is 16.4. The van der Waals surface area contributed by atoms with E-state index in [0.29, 0.717) is 12.8 Å². The van der Waals surface area contributed by atoms with Crippen LogP contribution in [0.15, 0.2) is 0 Å². The third-order valence-corrected chi connectivity index (χ3v) is 2.35. The molecule has 0 unspecified atom stereocenters. The molecule has 1 amide bonds. The molecule has 0 aromatic heterocycles. The van der Waals surface area contributed by atoms with Gasteiger partial charge in [0, 0.05) is 0 Å². The van der Waals surface area contributed by atoms with Gasteiger partial charge in [0.1, 0.15) is 5.60 Å². The fourth-order valence-corrected chi connectivity index (χ4v) is 1.96. The average Bonchev–Trinajstić information content (AvgIpc) is 1.95. The highest BCUT2D eigenvalue weighted by Gasteiger charge is 2.53. The topological polar surface area (TPSA) is 58.6 Å². The fraction of sp³-hybridized carbons (Fsp3) is 0.900. The average molecular weight is 201 g/mol. The van der Waals surface area contributed by atoms with E-state index in [1.54, 1.807) is 0 Å². The molecule has 1 rings (SSSR count). The summed E-state index contributed by atoms with van der Waals surface area (Å²) >= 11 is 0. The molecule has 1 aliphatic carbocycles. The molecule has 82 valence electrons. The molecule has 0 bridgehead atoms. The number of hydrogen-bond donors (Lipinski definition) is 2. The van der Waals surface area contributed by atoms with Crippen LogP contribution in [0.4, 0.5) is 0 Å². The van der Waals surface area contributed by atoms with Crippen LogP contribution in [0.1, 0.15) is 40.5 Å². The summed E-state index contributed by atoms with van der Waals surface area (Å²) in [5.74, 6) is -0.425. The first kappa shape index (κ1) is 11.5. The summed E-state index contributed by atoms with van der Waals surface area (Å²) in [5, 5.41) is 9.84. The Morgan fingerprint density at radius 3 is 2.29 bits per heavy atom. The van der Waals surface area contributed by atoms with E-state index in [-0.39, 0.29) is 11.5 Å². The number of hydroxylamine groups is 1. The van der Waals surface area contributed by atoms with Gasteiger partial charge in [-0.3, -0.25) is 9.63 Å². The second-order valence-corrected chi connectivity index (χ2v) is 5.15. The summed E-state index contributed by atoms with van der Waals surface area (Å²) in [6.07, 6.45) is 0.913. The molecule has 0 radical (unpaired) electrons. The smallest absolute Gasteiger partial charge is 0.275 e. The van der Waals surface area contributed by atoms with E-state index in [0.717, 1.165) is 0 Å². The summed E-state index contributed by atoms with van der Waals surface area (Å²) in [6, 6.07) is 0. The Bertz CT molecular complexity index is 228. The molecule has 1 fully saturated rings. The van der Waals surface area contributed by atoms with Gasteiger partial charge in [0.25, 0.3) is 5.91 Å². The molecule has 1 saturated carbocycles. The molecule has 4 heteroatoms. The van der Waals surface area contributed by atoms with Crippen molar-refractivity contribution in [3.63, 3.8) is 0 Å². The molecule has 0 atom stereocenters.